The lowest BCUT2D eigenvalue weighted by Gasteiger charge is -2.23. The third-order valence-electron chi connectivity index (χ3n) is 5.74. The Morgan fingerprint density at radius 1 is 0.844 bits per heavy atom. The number of ether oxygens (including phenoxy) is 1. The Kier molecular flexibility index (Phi) is 5.67. The number of pyridine rings is 1. The van der Waals surface area contributed by atoms with Crippen molar-refractivity contribution in [3.05, 3.63) is 120 Å². The minimum Gasteiger partial charge on any atom is -0.493 e. The maximum Gasteiger partial charge on any atom is 0.254 e. The number of carbonyl (C=O) groups is 1. The zero-order valence-electron chi connectivity index (χ0n) is 17.8. The van der Waals surface area contributed by atoms with Crippen LogP contribution in [0.2, 0.25) is 0 Å². The second-order valence-electron chi connectivity index (χ2n) is 7.97. The van der Waals surface area contributed by atoms with E-state index in [1.54, 1.807) is 6.20 Å². The van der Waals surface area contributed by atoms with Gasteiger partial charge in [-0.3, -0.25) is 9.78 Å². The first-order valence-corrected chi connectivity index (χ1v) is 10.9. The summed E-state index contributed by atoms with van der Waals surface area (Å²) in [4.78, 5) is 19.8. The predicted molar refractivity (Wildman–Crippen MR) is 125 cm³/mol. The van der Waals surface area contributed by atoms with E-state index in [1.807, 2.05) is 59.5 Å². The Labute approximate surface area is 188 Å². The number of amides is 1. The van der Waals surface area contributed by atoms with E-state index in [0.29, 0.717) is 25.3 Å². The number of hydrogen-bond acceptors (Lipinski definition) is 3. The molecule has 1 aliphatic heterocycles. The number of nitrogens with zero attached hydrogens (tertiary/aromatic N) is 2. The molecule has 4 nitrogen and oxygen atoms in total. The standard InChI is InChI=1S/C28H24N2O2/c31-28(25-13-14-27-24(18-25)15-17-32-27)30(20-26-8-4-5-16-29-26)19-21-9-11-23(12-10-21)22-6-2-1-3-7-22/h1-14,16,18H,15,17,19-20H2. The largest absolute Gasteiger partial charge is 0.493 e. The van der Waals surface area contributed by atoms with Crippen LogP contribution < -0.4 is 4.74 Å². The maximum absolute atomic E-state index is 13.5. The predicted octanol–water partition coefficient (Wildman–Crippen LogP) is 5.53. The Bertz CT molecular complexity index is 1210. The number of aromatic nitrogens is 1. The first-order valence-electron chi connectivity index (χ1n) is 10.9. The summed E-state index contributed by atoms with van der Waals surface area (Å²) in [5.74, 6) is 0.881. The third kappa shape index (κ3) is 4.40. The van der Waals surface area contributed by atoms with Gasteiger partial charge >= 0.3 is 0 Å². The summed E-state index contributed by atoms with van der Waals surface area (Å²) in [5, 5.41) is 0. The normalized spacial score (nSPS) is 12.1. The monoisotopic (exact) mass is 420 g/mol. The van der Waals surface area contributed by atoms with Gasteiger partial charge in [0.05, 0.1) is 18.8 Å². The molecule has 1 aromatic heterocycles. The highest BCUT2D eigenvalue weighted by molar-refractivity contribution is 5.94. The average molecular weight is 421 g/mol. The fourth-order valence-electron chi connectivity index (χ4n) is 4.04. The molecule has 0 saturated carbocycles. The molecule has 3 aromatic carbocycles. The van der Waals surface area contributed by atoms with Crippen LogP contribution in [0, 0.1) is 0 Å². The maximum atomic E-state index is 13.5. The van der Waals surface area contributed by atoms with Crippen molar-refractivity contribution in [1.29, 1.82) is 0 Å². The molecule has 0 spiro atoms. The lowest BCUT2D eigenvalue weighted by atomic mass is 10.0. The second kappa shape index (κ2) is 9.06. The number of hydrogen-bond donors (Lipinski definition) is 0. The molecule has 158 valence electrons. The van der Waals surface area contributed by atoms with Crippen LogP contribution in [0.3, 0.4) is 0 Å². The molecule has 5 rings (SSSR count). The van der Waals surface area contributed by atoms with Gasteiger partial charge in [0.15, 0.2) is 0 Å². The van der Waals surface area contributed by atoms with Gasteiger partial charge < -0.3 is 9.64 Å². The molecule has 0 saturated heterocycles. The Morgan fingerprint density at radius 3 is 2.41 bits per heavy atom. The first-order chi connectivity index (χ1) is 15.8. The molecule has 1 amide bonds. The number of fused-ring (bicyclic) bond motifs is 1. The van der Waals surface area contributed by atoms with Crippen LogP contribution in [0.5, 0.6) is 5.75 Å². The van der Waals surface area contributed by atoms with Crippen molar-refractivity contribution in [3.63, 3.8) is 0 Å². The van der Waals surface area contributed by atoms with E-state index in [4.69, 9.17) is 4.74 Å². The molecule has 2 heterocycles. The van der Waals surface area contributed by atoms with Crippen LogP contribution in [0.25, 0.3) is 11.1 Å². The van der Waals surface area contributed by atoms with Crippen molar-refractivity contribution in [2.45, 2.75) is 19.5 Å². The van der Waals surface area contributed by atoms with E-state index in [1.165, 1.54) is 5.56 Å². The minimum atomic E-state index is -0.00233. The van der Waals surface area contributed by atoms with Crippen LogP contribution in [-0.4, -0.2) is 22.4 Å². The van der Waals surface area contributed by atoms with E-state index in [2.05, 4.69) is 41.4 Å². The van der Waals surface area contributed by atoms with Crippen LogP contribution >= 0.6 is 0 Å². The second-order valence-corrected chi connectivity index (χ2v) is 7.97. The lowest BCUT2D eigenvalue weighted by Crippen LogP contribution is -2.30. The lowest BCUT2D eigenvalue weighted by molar-refractivity contribution is 0.0728. The number of rotatable bonds is 6. The van der Waals surface area contributed by atoms with Gasteiger partial charge in [0, 0.05) is 24.7 Å². The highest BCUT2D eigenvalue weighted by atomic mass is 16.5. The quantitative estimate of drug-likeness (QED) is 0.412. The number of benzene rings is 3. The summed E-state index contributed by atoms with van der Waals surface area (Å²) in [5.41, 5.74) is 6.08. The van der Waals surface area contributed by atoms with Gasteiger partial charge in [0.1, 0.15) is 5.75 Å². The van der Waals surface area contributed by atoms with Gasteiger partial charge in [0.25, 0.3) is 5.91 Å². The van der Waals surface area contributed by atoms with Crippen LogP contribution in [0.15, 0.2) is 97.2 Å². The van der Waals surface area contributed by atoms with E-state index in [0.717, 1.165) is 34.6 Å². The Hall–Kier alpha value is -3.92. The summed E-state index contributed by atoms with van der Waals surface area (Å²) < 4.78 is 5.60. The smallest absolute Gasteiger partial charge is 0.254 e. The molecule has 0 N–H and O–H groups in total. The van der Waals surface area contributed by atoms with E-state index < -0.39 is 0 Å². The topological polar surface area (TPSA) is 42.4 Å². The summed E-state index contributed by atoms with van der Waals surface area (Å²) in [6.07, 6.45) is 2.61. The van der Waals surface area contributed by atoms with E-state index in [-0.39, 0.29) is 5.91 Å². The van der Waals surface area contributed by atoms with Gasteiger partial charge in [0.2, 0.25) is 0 Å². The molecule has 0 unspecified atom stereocenters. The number of carbonyl (C=O) groups excluding carboxylic acids is 1. The van der Waals surface area contributed by atoms with Crippen LogP contribution in [0.1, 0.15) is 27.2 Å². The first kappa shape index (κ1) is 20.0. The van der Waals surface area contributed by atoms with Crippen molar-refractivity contribution in [2.24, 2.45) is 0 Å². The van der Waals surface area contributed by atoms with Crippen LogP contribution in [0.4, 0.5) is 0 Å². The fraction of sp³-hybridized carbons (Fsp3) is 0.143. The average Bonchev–Trinajstić information content (AvgIpc) is 3.33. The van der Waals surface area contributed by atoms with Crippen molar-refractivity contribution < 1.29 is 9.53 Å². The molecular weight excluding hydrogens is 396 g/mol. The molecule has 0 aliphatic carbocycles. The van der Waals surface area contributed by atoms with Crippen molar-refractivity contribution in [2.75, 3.05) is 6.61 Å². The molecule has 1 aliphatic rings. The molecular formula is C28H24N2O2. The zero-order valence-corrected chi connectivity index (χ0v) is 17.8. The molecule has 0 bridgehead atoms. The zero-order chi connectivity index (χ0) is 21.8. The molecule has 0 fully saturated rings. The van der Waals surface area contributed by atoms with Gasteiger partial charge in [-0.05, 0) is 52.6 Å². The van der Waals surface area contributed by atoms with Gasteiger partial charge in [-0.1, -0.05) is 60.7 Å². The third-order valence-corrected chi connectivity index (χ3v) is 5.74. The van der Waals surface area contributed by atoms with Gasteiger partial charge in [-0.25, -0.2) is 0 Å². The minimum absolute atomic E-state index is 0.00233. The summed E-state index contributed by atoms with van der Waals surface area (Å²) in [6, 6.07) is 30.2. The molecule has 4 heteroatoms. The Balaban J connectivity index is 1.40. The van der Waals surface area contributed by atoms with Gasteiger partial charge in [-0.15, -0.1) is 0 Å². The molecule has 0 radical (unpaired) electrons. The summed E-state index contributed by atoms with van der Waals surface area (Å²) >= 11 is 0. The van der Waals surface area contributed by atoms with Crippen LogP contribution in [-0.2, 0) is 19.5 Å². The molecule has 0 atom stereocenters. The summed E-state index contributed by atoms with van der Waals surface area (Å²) in [6.45, 7) is 1.64. The van der Waals surface area contributed by atoms with E-state index in [9.17, 15) is 4.79 Å². The Morgan fingerprint density at radius 2 is 1.62 bits per heavy atom. The summed E-state index contributed by atoms with van der Waals surface area (Å²) in [7, 11) is 0. The molecule has 32 heavy (non-hydrogen) atoms. The fourth-order valence-corrected chi connectivity index (χ4v) is 4.04. The SMILES string of the molecule is O=C(c1ccc2c(c1)CCO2)N(Cc1ccc(-c2ccccc2)cc1)Cc1ccccn1. The van der Waals surface area contributed by atoms with Crippen molar-refractivity contribution in [3.8, 4) is 16.9 Å². The van der Waals surface area contributed by atoms with Crippen molar-refractivity contribution >= 4 is 5.91 Å². The van der Waals surface area contributed by atoms with E-state index >= 15 is 0 Å². The molecule has 4 aromatic rings. The highest BCUT2D eigenvalue weighted by Gasteiger charge is 2.20. The van der Waals surface area contributed by atoms with Gasteiger partial charge in [-0.2, -0.15) is 0 Å². The highest BCUT2D eigenvalue weighted by Crippen LogP contribution is 2.27. The van der Waals surface area contributed by atoms with Crippen molar-refractivity contribution in [1.82, 2.24) is 9.88 Å².